The first-order valence-electron chi connectivity index (χ1n) is 16.5. The number of rotatable bonds is 0. The summed E-state index contributed by atoms with van der Waals surface area (Å²) in [5.74, 6) is -0.776. The van der Waals surface area contributed by atoms with E-state index < -0.39 is 11.8 Å². The summed E-state index contributed by atoms with van der Waals surface area (Å²) >= 11 is 0. The second-order valence-corrected chi connectivity index (χ2v) is 12.0. The molecule has 0 aromatic carbocycles. The second-order valence-electron chi connectivity index (χ2n) is 12.0. The maximum atomic E-state index is 13.1. The van der Waals surface area contributed by atoms with Crippen LogP contribution in [0.5, 0.6) is 0 Å². The smallest absolute Gasteiger partial charge is 0.275 e. The molecule has 0 unspecified atom stereocenters. The van der Waals surface area contributed by atoms with Crippen LogP contribution in [0.4, 0.5) is 23.3 Å². The minimum absolute atomic E-state index is 0.0236. The van der Waals surface area contributed by atoms with E-state index in [-0.39, 0.29) is 59.3 Å². The lowest BCUT2D eigenvalue weighted by molar-refractivity contribution is -0.689. The molecule has 4 amide bonds. The lowest BCUT2D eigenvalue weighted by Gasteiger charge is -2.09. The number of nitrogens with zero attached hydrogens (tertiary/aromatic N) is 8. The van der Waals surface area contributed by atoms with Crippen molar-refractivity contribution in [3.63, 3.8) is 0 Å². The predicted molar refractivity (Wildman–Crippen MR) is 187 cm³/mol. The maximum absolute atomic E-state index is 13.1. The van der Waals surface area contributed by atoms with Gasteiger partial charge in [-0.15, -0.1) is 0 Å². The van der Waals surface area contributed by atoms with E-state index in [1.54, 1.807) is 36.4 Å². The molecule has 4 N–H and O–H groups in total. The van der Waals surface area contributed by atoms with Crippen LogP contribution < -0.4 is 30.4 Å². The summed E-state index contributed by atoms with van der Waals surface area (Å²) < 4.78 is 7.84. The highest BCUT2D eigenvalue weighted by Gasteiger charge is 2.16. The first-order valence-corrected chi connectivity index (χ1v) is 16.5. The molecule has 6 aromatic heterocycles. The van der Waals surface area contributed by atoms with Crippen LogP contribution in [0.1, 0.15) is 45.2 Å². The van der Waals surface area contributed by atoms with Crippen molar-refractivity contribution in [1.82, 2.24) is 29.1 Å². The van der Waals surface area contributed by atoms with Gasteiger partial charge < -0.3 is 21.3 Å². The number of hydrogen-bond donors (Lipinski definition) is 4. The summed E-state index contributed by atoms with van der Waals surface area (Å²) in [4.78, 5) is 69.4. The Labute approximate surface area is 297 Å². The van der Waals surface area contributed by atoms with Gasteiger partial charge in [0.25, 0.3) is 11.8 Å². The van der Waals surface area contributed by atoms with E-state index in [1.165, 1.54) is 18.2 Å². The SMILES string of the molecule is O=C1CCn2cc[n+](c2)Cc2cccc(n2)C[n+]2ccn(c2)CCC(=O)Nc2cccc(n2)NC(=O)c2cccc(n2)C(=O)Nc2cccc(n2)N1. The molecule has 6 aromatic rings. The molecule has 0 spiro atoms. The predicted octanol–water partition coefficient (Wildman–Crippen LogP) is 2.42. The Kier molecular flexibility index (Phi) is 9.76. The van der Waals surface area contributed by atoms with Crippen LogP contribution >= 0.6 is 0 Å². The van der Waals surface area contributed by atoms with E-state index >= 15 is 0 Å². The topological polar surface area (TPSA) is 186 Å². The van der Waals surface area contributed by atoms with Crippen LogP contribution in [0.3, 0.4) is 0 Å². The Morgan fingerprint density at radius 2 is 0.923 bits per heavy atom. The van der Waals surface area contributed by atoms with E-state index in [0.29, 0.717) is 26.2 Å². The number of aryl methyl sites for hydroxylation is 2. The van der Waals surface area contributed by atoms with Gasteiger partial charge in [-0.25, -0.2) is 38.2 Å². The lowest BCUT2D eigenvalue weighted by Crippen LogP contribution is -2.34. The number of anilines is 4. The number of carbonyl (C=O) groups excluding carboxylic acids is 4. The molecular weight excluding hydrogens is 664 g/mol. The molecule has 1 aliphatic heterocycles. The van der Waals surface area contributed by atoms with Gasteiger partial charge in [-0.2, -0.15) is 0 Å². The fraction of sp³-hybridized carbons (Fsp3) is 0.167. The van der Waals surface area contributed by atoms with Gasteiger partial charge in [0, 0.05) is 0 Å². The van der Waals surface area contributed by atoms with Gasteiger partial charge in [0.05, 0.1) is 37.3 Å². The number of carbonyl (C=O) groups is 4. The zero-order valence-corrected chi connectivity index (χ0v) is 27.8. The minimum Gasteiger partial charge on any atom is -0.311 e. The normalized spacial score (nSPS) is 14.5. The van der Waals surface area contributed by atoms with Gasteiger partial charge in [0.15, 0.2) is 0 Å². The third-order valence-corrected chi connectivity index (χ3v) is 7.97. The van der Waals surface area contributed by atoms with Crippen molar-refractivity contribution in [3.8, 4) is 0 Å². The van der Waals surface area contributed by atoms with Crippen LogP contribution in [0.15, 0.2) is 110 Å². The number of amides is 4. The van der Waals surface area contributed by atoms with Gasteiger partial charge in [-0.05, 0) is 48.5 Å². The largest absolute Gasteiger partial charge is 0.311 e. The summed E-state index contributed by atoms with van der Waals surface area (Å²) in [5, 5.41) is 10.9. The number of nitrogens with one attached hydrogen (secondary N) is 4. The molecule has 1 aliphatic rings. The molecule has 0 saturated heterocycles. The number of imidazole rings is 2. The molecule has 7 rings (SSSR count). The van der Waals surface area contributed by atoms with Crippen molar-refractivity contribution in [3.05, 3.63) is 133 Å². The van der Waals surface area contributed by atoms with Crippen LogP contribution in [0, 0.1) is 0 Å². The first-order chi connectivity index (χ1) is 25.3. The number of fused-ring (bicyclic) bond motifs is 12. The molecule has 0 atom stereocenters. The molecule has 12 bridgehead atoms. The molecular formula is C36H34N12O4+2. The summed E-state index contributed by atoms with van der Waals surface area (Å²) in [6.45, 7) is 1.99. The zero-order valence-electron chi connectivity index (χ0n) is 27.8. The van der Waals surface area contributed by atoms with Crippen molar-refractivity contribution in [2.45, 2.75) is 39.0 Å². The molecule has 16 heteroatoms. The van der Waals surface area contributed by atoms with E-state index in [4.69, 9.17) is 4.98 Å². The summed E-state index contributed by atoms with van der Waals surface area (Å²) in [5.41, 5.74) is 1.73. The monoisotopic (exact) mass is 698 g/mol. The summed E-state index contributed by atoms with van der Waals surface area (Å²) in [7, 11) is 0. The third kappa shape index (κ3) is 8.73. The highest BCUT2D eigenvalue weighted by Crippen LogP contribution is 2.14. The first kappa shape index (κ1) is 33.4. The van der Waals surface area contributed by atoms with Gasteiger partial charge in [-0.1, -0.05) is 24.3 Å². The third-order valence-electron chi connectivity index (χ3n) is 7.97. The number of pyridine rings is 4. The van der Waals surface area contributed by atoms with Crippen molar-refractivity contribution in [2.24, 2.45) is 0 Å². The molecule has 7 heterocycles. The summed E-state index contributed by atoms with van der Waals surface area (Å²) in [6, 6.07) is 20.1. The number of aromatic nitrogens is 8. The molecule has 0 saturated carbocycles. The molecule has 260 valence electrons. The van der Waals surface area contributed by atoms with E-state index in [0.717, 1.165) is 11.4 Å². The molecule has 0 fully saturated rings. The van der Waals surface area contributed by atoms with E-state index in [9.17, 15) is 19.2 Å². The molecule has 52 heavy (non-hydrogen) atoms. The molecule has 0 radical (unpaired) electrons. The van der Waals surface area contributed by atoms with E-state index in [2.05, 4.69) is 36.2 Å². The van der Waals surface area contributed by atoms with Crippen molar-refractivity contribution >= 4 is 46.9 Å². The standard InChI is InChI=1S/C36H32N12O4/c49-33-13-15-45-17-19-47(23-45)21-25-5-1-6-26(37-25)22-48-20-18-46(24-48)16-14-34(50)42-30-10-4-12-32(40-30)44-36(52)28-8-2-7-27(38-28)35(51)43-31-11-3-9-29(39-31)41-33/h1-12,17-20,23-24H,13-16,21-22H2,(H2-2,39,40,41,42,43,44,49,50,51,52)/p+2. The highest BCUT2D eigenvalue weighted by atomic mass is 16.2. The quantitative estimate of drug-likeness (QED) is 0.174. The Hall–Kier alpha value is -7.10. The lowest BCUT2D eigenvalue weighted by atomic mass is 10.2. The average molecular weight is 699 g/mol. The van der Waals surface area contributed by atoms with Crippen LogP contribution in [0.25, 0.3) is 0 Å². The Balaban J connectivity index is 1.10. The van der Waals surface area contributed by atoms with Crippen LogP contribution in [-0.4, -0.2) is 52.7 Å². The van der Waals surface area contributed by atoms with Gasteiger partial charge in [-0.3, -0.25) is 19.2 Å². The molecule has 16 nitrogen and oxygen atoms in total. The van der Waals surface area contributed by atoms with Gasteiger partial charge in [0.2, 0.25) is 24.5 Å². The van der Waals surface area contributed by atoms with Gasteiger partial charge >= 0.3 is 0 Å². The Bertz CT molecular complexity index is 2130. The van der Waals surface area contributed by atoms with Crippen molar-refractivity contribution in [1.29, 1.82) is 0 Å². The van der Waals surface area contributed by atoms with Crippen molar-refractivity contribution < 1.29 is 28.3 Å². The molecule has 0 aliphatic carbocycles. The zero-order chi connectivity index (χ0) is 35.9. The summed E-state index contributed by atoms with van der Waals surface area (Å²) in [6.07, 6.45) is 11.9. The van der Waals surface area contributed by atoms with Crippen molar-refractivity contribution in [2.75, 3.05) is 21.3 Å². The van der Waals surface area contributed by atoms with Gasteiger partial charge in [0.1, 0.15) is 72.5 Å². The van der Waals surface area contributed by atoms with Crippen LogP contribution in [-0.2, 0) is 35.8 Å². The fourth-order valence-electron chi connectivity index (χ4n) is 5.48. The average Bonchev–Trinajstić information content (AvgIpc) is 3.79. The number of hydrogen-bond acceptors (Lipinski definition) is 8. The highest BCUT2D eigenvalue weighted by molar-refractivity contribution is 6.06. The second kappa shape index (κ2) is 15.2. The maximum Gasteiger partial charge on any atom is 0.275 e. The van der Waals surface area contributed by atoms with E-state index in [1.807, 2.05) is 73.9 Å². The minimum atomic E-state index is -0.600. The Morgan fingerprint density at radius 1 is 0.500 bits per heavy atom. The fourth-order valence-corrected chi connectivity index (χ4v) is 5.48. The Morgan fingerprint density at radius 3 is 1.40 bits per heavy atom. The van der Waals surface area contributed by atoms with Crippen LogP contribution in [0.2, 0.25) is 0 Å².